The average molecular weight is 388 g/mol. The summed E-state index contributed by atoms with van der Waals surface area (Å²) in [5.41, 5.74) is 1.95. The van der Waals surface area contributed by atoms with Crippen molar-refractivity contribution in [2.45, 2.75) is 20.0 Å². The van der Waals surface area contributed by atoms with Crippen LogP contribution in [-0.2, 0) is 9.53 Å². The Morgan fingerprint density at radius 1 is 1.00 bits per heavy atom. The van der Waals surface area contributed by atoms with Gasteiger partial charge < -0.3 is 13.9 Å². The SMILES string of the molecule is Cc1ccc(-c2nnc([C@H](C)OC(=O)COc3ccc4ccccc4c3)o2)cc1. The second-order valence-electron chi connectivity index (χ2n) is 6.74. The zero-order valence-corrected chi connectivity index (χ0v) is 16.2. The van der Waals surface area contributed by atoms with Crippen LogP contribution in [-0.4, -0.2) is 22.8 Å². The lowest BCUT2D eigenvalue weighted by atomic mass is 10.1. The Bertz CT molecular complexity index is 1140. The van der Waals surface area contributed by atoms with E-state index in [1.807, 2.05) is 73.7 Å². The van der Waals surface area contributed by atoms with E-state index in [-0.39, 0.29) is 12.5 Å². The molecule has 1 atom stereocenters. The first kappa shape index (κ1) is 18.7. The Balaban J connectivity index is 1.35. The molecule has 0 aliphatic rings. The van der Waals surface area contributed by atoms with Crippen molar-refractivity contribution in [2.24, 2.45) is 0 Å². The molecular weight excluding hydrogens is 368 g/mol. The maximum absolute atomic E-state index is 12.1. The maximum Gasteiger partial charge on any atom is 0.344 e. The fourth-order valence-corrected chi connectivity index (χ4v) is 2.89. The fourth-order valence-electron chi connectivity index (χ4n) is 2.89. The van der Waals surface area contributed by atoms with E-state index in [0.29, 0.717) is 11.6 Å². The number of rotatable bonds is 6. The van der Waals surface area contributed by atoms with Gasteiger partial charge in [-0.05, 0) is 48.9 Å². The number of aromatic nitrogens is 2. The van der Waals surface area contributed by atoms with Gasteiger partial charge in [0.25, 0.3) is 5.89 Å². The highest BCUT2D eigenvalue weighted by Crippen LogP contribution is 2.23. The number of ether oxygens (including phenoxy) is 2. The summed E-state index contributed by atoms with van der Waals surface area (Å²) < 4.78 is 16.6. The molecule has 29 heavy (non-hydrogen) atoms. The zero-order valence-electron chi connectivity index (χ0n) is 16.2. The van der Waals surface area contributed by atoms with Crippen LogP contribution in [0, 0.1) is 6.92 Å². The summed E-state index contributed by atoms with van der Waals surface area (Å²) >= 11 is 0. The summed E-state index contributed by atoms with van der Waals surface area (Å²) in [6, 6.07) is 21.3. The van der Waals surface area contributed by atoms with Gasteiger partial charge in [0.15, 0.2) is 12.7 Å². The largest absolute Gasteiger partial charge is 0.482 e. The molecule has 0 radical (unpaired) electrons. The lowest BCUT2D eigenvalue weighted by molar-refractivity contribution is -0.152. The third-order valence-electron chi connectivity index (χ3n) is 4.47. The van der Waals surface area contributed by atoms with Crippen LogP contribution in [0.3, 0.4) is 0 Å². The van der Waals surface area contributed by atoms with Crippen molar-refractivity contribution in [1.29, 1.82) is 0 Å². The minimum atomic E-state index is -0.672. The first-order valence-corrected chi connectivity index (χ1v) is 9.30. The van der Waals surface area contributed by atoms with E-state index in [1.165, 1.54) is 0 Å². The summed E-state index contributed by atoms with van der Waals surface area (Å²) in [5.74, 6) is 0.712. The van der Waals surface area contributed by atoms with E-state index < -0.39 is 12.1 Å². The van der Waals surface area contributed by atoms with Gasteiger partial charge in [-0.15, -0.1) is 10.2 Å². The third kappa shape index (κ3) is 4.43. The standard InChI is InChI=1S/C23H20N2O4/c1-15-7-9-18(10-8-15)23-25-24-22(29-23)16(2)28-21(26)14-27-20-12-11-17-5-3-4-6-19(17)13-20/h3-13,16H,14H2,1-2H3/t16-/m0/s1. The van der Waals surface area contributed by atoms with Crippen LogP contribution in [0.1, 0.15) is 24.5 Å². The Morgan fingerprint density at radius 2 is 1.76 bits per heavy atom. The molecule has 0 bridgehead atoms. The van der Waals surface area contributed by atoms with Gasteiger partial charge in [-0.25, -0.2) is 4.79 Å². The third-order valence-corrected chi connectivity index (χ3v) is 4.47. The Kier molecular flexibility index (Phi) is 5.24. The summed E-state index contributed by atoms with van der Waals surface area (Å²) in [7, 11) is 0. The predicted molar refractivity (Wildman–Crippen MR) is 108 cm³/mol. The van der Waals surface area contributed by atoms with Gasteiger partial charge in [-0.2, -0.15) is 0 Å². The Hall–Kier alpha value is -3.67. The molecule has 146 valence electrons. The minimum absolute atomic E-state index is 0.207. The van der Waals surface area contributed by atoms with Gasteiger partial charge in [0.1, 0.15) is 5.75 Å². The molecule has 0 amide bonds. The lowest BCUT2D eigenvalue weighted by Gasteiger charge is -2.11. The van der Waals surface area contributed by atoms with Gasteiger partial charge in [0, 0.05) is 5.56 Å². The number of aryl methyl sites for hydroxylation is 1. The van der Waals surface area contributed by atoms with E-state index in [9.17, 15) is 4.79 Å². The number of carbonyl (C=O) groups excluding carboxylic acids is 1. The normalized spacial score (nSPS) is 11.9. The van der Waals surface area contributed by atoms with E-state index >= 15 is 0 Å². The molecule has 0 aliphatic carbocycles. The highest BCUT2D eigenvalue weighted by Gasteiger charge is 2.19. The van der Waals surface area contributed by atoms with Crippen LogP contribution >= 0.6 is 0 Å². The van der Waals surface area contributed by atoms with Crippen LogP contribution in [0.4, 0.5) is 0 Å². The summed E-state index contributed by atoms with van der Waals surface area (Å²) in [4.78, 5) is 12.1. The van der Waals surface area contributed by atoms with Gasteiger partial charge in [0.2, 0.25) is 5.89 Å². The van der Waals surface area contributed by atoms with Crippen molar-refractivity contribution in [1.82, 2.24) is 10.2 Å². The van der Waals surface area contributed by atoms with Gasteiger partial charge in [-0.1, -0.05) is 48.0 Å². The molecule has 0 aliphatic heterocycles. The van der Waals surface area contributed by atoms with Gasteiger partial charge in [-0.3, -0.25) is 0 Å². The highest BCUT2D eigenvalue weighted by molar-refractivity contribution is 5.83. The van der Waals surface area contributed by atoms with E-state index in [0.717, 1.165) is 21.9 Å². The molecule has 1 aromatic heterocycles. The minimum Gasteiger partial charge on any atom is -0.482 e. The number of fused-ring (bicyclic) bond motifs is 1. The van der Waals surface area contributed by atoms with Crippen molar-refractivity contribution in [3.05, 3.63) is 78.2 Å². The second kappa shape index (κ2) is 8.14. The van der Waals surface area contributed by atoms with E-state index in [2.05, 4.69) is 10.2 Å². The number of hydrogen-bond acceptors (Lipinski definition) is 6. The maximum atomic E-state index is 12.1. The molecule has 6 nitrogen and oxygen atoms in total. The second-order valence-corrected chi connectivity index (χ2v) is 6.74. The van der Waals surface area contributed by atoms with E-state index in [4.69, 9.17) is 13.9 Å². The molecule has 0 N–H and O–H groups in total. The zero-order chi connectivity index (χ0) is 20.2. The fraction of sp³-hybridized carbons (Fsp3) is 0.174. The molecule has 0 spiro atoms. The van der Waals surface area contributed by atoms with Crippen LogP contribution in [0.25, 0.3) is 22.2 Å². The van der Waals surface area contributed by atoms with Crippen molar-refractivity contribution in [3.63, 3.8) is 0 Å². The van der Waals surface area contributed by atoms with Crippen LogP contribution in [0.2, 0.25) is 0 Å². The van der Waals surface area contributed by atoms with Crippen LogP contribution in [0.15, 0.2) is 71.1 Å². The molecule has 0 saturated carbocycles. The first-order chi connectivity index (χ1) is 14.1. The molecule has 0 unspecified atom stereocenters. The quantitative estimate of drug-likeness (QED) is 0.438. The van der Waals surface area contributed by atoms with Crippen LogP contribution < -0.4 is 4.74 Å². The smallest absolute Gasteiger partial charge is 0.344 e. The van der Waals surface area contributed by atoms with Gasteiger partial charge in [0.05, 0.1) is 0 Å². The molecule has 6 heteroatoms. The summed E-state index contributed by atoms with van der Waals surface area (Å²) in [5, 5.41) is 10.2. The lowest BCUT2D eigenvalue weighted by Crippen LogP contribution is -2.17. The molecule has 1 heterocycles. The Labute approximate surface area is 168 Å². The average Bonchev–Trinajstić information content (AvgIpc) is 3.23. The summed E-state index contributed by atoms with van der Waals surface area (Å²) in [6.45, 7) is 3.48. The molecule has 4 aromatic rings. The van der Waals surface area contributed by atoms with Crippen molar-refractivity contribution in [3.8, 4) is 17.2 Å². The topological polar surface area (TPSA) is 74.5 Å². The molecule has 3 aromatic carbocycles. The number of hydrogen-bond donors (Lipinski definition) is 0. The van der Waals surface area contributed by atoms with Crippen molar-refractivity contribution in [2.75, 3.05) is 6.61 Å². The molecule has 0 saturated heterocycles. The summed E-state index contributed by atoms with van der Waals surface area (Å²) in [6.07, 6.45) is -0.672. The number of carbonyl (C=O) groups is 1. The molecular formula is C23H20N2O4. The number of esters is 1. The number of benzene rings is 3. The van der Waals surface area contributed by atoms with Crippen molar-refractivity contribution < 1.29 is 18.7 Å². The van der Waals surface area contributed by atoms with Gasteiger partial charge >= 0.3 is 5.97 Å². The predicted octanol–water partition coefficient (Wildman–Crippen LogP) is 4.88. The first-order valence-electron chi connectivity index (χ1n) is 9.30. The number of nitrogens with zero attached hydrogens (tertiary/aromatic N) is 2. The van der Waals surface area contributed by atoms with Crippen LogP contribution in [0.5, 0.6) is 5.75 Å². The molecule has 0 fully saturated rings. The van der Waals surface area contributed by atoms with E-state index in [1.54, 1.807) is 6.92 Å². The highest BCUT2D eigenvalue weighted by atomic mass is 16.6. The Morgan fingerprint density at radius 3 is 2.55 bits per heavy atom. The molecule has 4 rings (SSSR count). The monoisotopic (exact) mass is 388 g/mol. The van der Waals surface area contributed by atoms with Crippen molar-refractivity contribution >= 4 is 16.7 Å².